The van der Waals surface area contributed by atoms with Crippen LogP contribution in [0.3, 0.4) is 0 Å². The first-order valence-corrected chi connectivity index (χ1v) is 8.03. The summed E-state index contributed by atoms with van der Waals surface area (Å²) >= 11 is 0. The second-order valence-corrected chi connectivity index (χ2v) is 6.72. The molecule has 7 heteroatoms. The third-order valence-corrected chi connectivity index (χ3v) is 4.79. The highest BCUT2D eigenvalue weighted by Crippen LogP contribution is 2.24. The van der Waals surface area contributed by atoms with Gasteiger partial charge >= 0.3 is 5.97 Å². The molecule has 3 N–H and O–H groups in total. The van der Waals surface area contributed by atoms with Crippen LogP contribution in [0.2, 0.25) is 0 Å². The molecule has 128 valence electrons. The molecule has 0 aliphatic carbocycles. The average molecular weight is 329 g/mol. The van der Waals surface area contributed by atoms with Crippen LogP contribution >= 0.6 is 0 Å². The maximum absolute atomic E-state index is 11.3. The molecular formula is C17H23N5O2. The molecule has 1 saturated heterocycles. The summed E-state index contributed by atoms with van der Waals surface area (Å²) in [6.07, 6.45) is 3.72. The first-order valence-electron chi connectivity index (χ1n) is 8.03. The number of aromatic nitrogens is 3. The molecule has 0 bridgehead atoms. The fourth-order valence-electron chi connectivity index (χ4n) is 3.24. The average Bonchev–Trinajstić information content (AvgIpc) is 3.15. The minimum Gasteiger partial charge on any atom is -0.480 e. The van der Waals surface area contributed by atoms with E-state index < -0.39 is 11.5 Å². The summed E-state index contributed by atoms with van der Waals surface area (Å²) in [5.74, 6) is -0.919. The second kappa shape index (κ2) is 6.33. The first kappa shape index (κ1) is 16.6. The molecule has 7 nitrogen and oxygen atoms in total. The number of carboxylic acid groups (broad SMARTS) is 1. The van der Waals surface area contributed by atoms with E-state index in [0.717, 1.165) is 0 Å². The Morgan fingerprint density at radius 2 is 2.00 bits per heavy atom. The predicted octanol–water partition coefficient (Wildman–Crippen LogP) is 0.931. The zero-order valence-electron chi connectivity index (χ0n) is 14.1. The second-order valence-electron chi connectivity index (χ2n) is 6.72. The topological polar surface area (TPSA) is 97.3 Å². The van der Waals surface area contributed by atoms with Crippen LogP contribution in [0.15, 0.2) is 24.8 Å². The van der Waals surface area contributed by atoms with Gasteiger partial charge in [-0.3, -0.25) is 9.69 Å². The molecule has 1 atom stereocenters. The zero-order chi connectivity index (χ0) is 17.3. The van der Waals surface area contributed by atoms with Crippen molar-refractivity contribution >= 4 is 5.97 Å². The summed E-state index contributed by atoms with van der Waals surface area (Å²) < 4.78 is 1.80. The van der Waals surface area contributed by atoms with Crippen LogP contribution in [0, 0.1) is 13.8 Å². The van der Waals surface area contributed by atoms with Gasteiger partial charge in [0.2, 0.25) is 0 Å². The molecule has 0 spiro atoms. The molecule has 0 unspecified atom stereocenters. The normalized spacial score (nSPS) is 21.3. The number of rotatable bonds is 5. The summed E-state index contributed by atoms with van der Waals surface area (Å²) in [5.41, 5.74) is 9.66. The van der Waals surface area contributed by atoms with Crippen molar-refractivity contribution in [3.8, 4) is 0 Å². The lowest BCUT2D eigenvalue weighted by molar-refractivity contribution is -0.142. The number of nitrogens with zero attached hydrogens (tertiary/aromatic N) is 4. The monoisotopic (exact) mass is 329 g/mol. The lowest BCUT2D eigenvalue weighted by atomic mass is 9.99. The summed E-state index contributed by atoms with van der Waals surface area (Å²) in [6.45, 7) is 6.65. The lowest BCUT2D eigenvalue weighted by Gasteiger charge is -2.21. The zero-order valence-corrected chi connectivity index (χ0v) is 14.1. The number of carboxylic acids is 1. The Labute approximate surface area is 141 Å². The maximum atomic E-state index is 11.3. The molecule has 2 aromatic rings. The molecule has 24 heavy (non-hydrogen) atoms. The van der Waals surface area contributed by atoms with Crippen molar-refractivity contribution in [3.63, 3.8) is 0 Å². The molecule has 3 rings (SSSR count). The van der Waals surface area contributed by atoms with Gasteiger partial charge in [0.05, 0.1) is 6.54 Å². The van der Waals surface area contributed by atoms with Gasteiger partial charge < -0.3 is 10.8 Å². The standard InChI is InChI=1S/C17H23N5O2/c1-12-5-13(2)15(8-22-11-19-10-20-22)6-14(12)7-21-4-3-17(18,9-21)16(23)24/h5-6,10-11H,3-4,7-9,18H2,1-2H3,(H,23,24)/t17-/m0/s1. The molecule has 0 radical (unpaired) electrons. The molecule has 1 aromatic heterocycles. The van der Waals surface area contributed by atoms with Gasteiger partial charge in [-0.05, 0) is 42.5 Å². The van der Waals surface area contributed by atoms with Crippen LogP contribution in [0.5, 0.6) is 0 Å². The van der Waals surface area contributed by atoms with Gasteiger partial charge in [0.1, 0.15) is 18.2 Å². The van der Waals surface area contributed by atoms with Gasteiger partial charge in [-0.15, -0.1) is 0 Å². The smallest absolute Gasteiger partial charge is 0.325 e. The highest BCUT2D eigenvalue weighted by molar-refractivity contribution is 5.79. The molecule has 1 aliphatic rings. The Kier molecular flexibility index (Phi) is 4.38. The minimum atomic E-state index is -1.12. The highest BCUT2D eigenvalue weighted by Gasteiger charge is 2.41. The van der Waals surface area contributed by atoms with Crippen molar-refractivity contribution in [2.75, 3.05) is 13.1 Å². The van der Waals surface area contributed by atoms with Crippen LogP contribution in [0.4, 0.5) is 0 Å². The Bertz CT molecular complexity index is 744. The van der Waals surface area contributed by atoms with E-state index in [1.807, 2.05) is 0 Å². The van der Waals surface area contributed by atoms with Gasteiger partial charge in [0, 0.05) is 19.6 Å². The largest absolute Gasteiger partial charge is 0.480 e. The Morgan fingerprint density at radius 3 is 2.58 bits per heavy atom. The number of nitrogens with two attached hydrogens (primary N) is 1. The predicted molar refractivity (Wildman–Crippen MR) is 89.5 cm³/mol. The van der Waals surface area contributed by atoms with E-state index in [2.05, 4.69) is 41.0 Å². The third-order valence-electron chi connectivity index (χ3n) is 4.79. The summed E-state index contributed by atoms with van der Waals surface area (Å²) in [4.78, 5) is 17.4. The van der Waals surface area contributed by atoms with E-state index >= 15 is 0 Å². The highest BCUT2D eigenvalue weighted by atomic mass is 16.4. The number of benzene rings is 1. The van der Waals surface area contributed by atoms with Gasteiger partial charge in [0.25, 0.3) is 0 Å². The van der Waals surface area contributed by atoms with E-state index in [1.165, 1.54) is 28.6 Å². The number of hydrogen-bond donors (Lipinski definition) is 2. The number of aliphatic carboxylic acids is 1. The summed E-state index contributed by atoms with van der Waals surface area (Å²) in [7, 11) is 0. The molecule has 2 heterocycles. The Hall–Kier alpha value is -2.25. The van der Waals surface area contributed by atoms with Crippen molar-refractivity contribution in [1.29, 1.82) is 0 Å². The van der Waals surface area contributed by atoms with E-state index in [-0.39, 0.29) is 0 Å². The van der Waals surface area contributed by atoms with E-state index in [0.29, 0.717) is 32.6 Å². The van der Waals surface area contributed by atoms with Gasteiger partial charge in [-0.25, -0.2) is 9.67 Å². The summed E-state index contributed by atoms with van der Waals surface area (Å²) in [5, 5.41) is 13.4. The number of likely N-dealkylation sites (tertiary alicyclic amines) is 1. The van der Waals surface area contributed by atoms with Crippen LogP contribution in [0.1, 0.15) is 28.7 Å². The van der Waals surface area contributed by atoms with E-state index in [4.69, 9.17) is 5.73 Å². The fourth-order valence-corrected chi connectivity index (χ4v) is 3.24. The molecule has 1 aliphatic heterocycles. The van der Waals surface area contributed by atoms with E-state index in [1.54, 1.807) is 11.0 Å². The van der Waals surface area contributed by atoms with Gasteiger partial charge in [-0.1, -0.05) is 12.1 Å². The molecular weight excluding hydrogens is 306 g/mol. The van der Waals surface area contributed by atoms with Crippen LogP contribution in [-0.2, 0) is 17.9 Å². The van der Waals surface area contributed by atoms with Gasteiger partial charge in [0.15, 0.2) is 0 Å². The summed E-state index contributed by atoms with van der Waals surface area (Å²) in [6, 6.07) is 4.36. The van der Waals surface area contributed by atoms with E-state index in [9.17, 15) is 9.90 Å². The van der Waals surface area contributed by atoms with Gasteiger partial charge in [-0.2, -0.15) is 5.10 Å². The maximum Gasteiger partial charge on any atom is 0.325 e. The molecule has 1 aromatic carbocycles. The van der Waals surface area contributed by atoms with Crippen molar-refractivity contribution in [1.82, 2.24) is 19.7 Å². The Balaban J connectivity index is 1.77. The van der Waals surface area contributed by atoms with Crippen LogP contribution in [0.25, 0.3) is 0 Å². The number of hydrogen-bond acceptors (Lipinski definition) is 5. The van der Waals surface area contributed by atoms with Crippen molar-refractivity contribution in [2.45, 2.75) is 38.9 Å². The van der Waals surface area contributed by atoms with Crippen molar-refractivity contribution in [2.24, 2.45) is 5.73 Å². The third kappa shape index (κ3) is 3.32. The fraction of sp³-hybridized carbons (Fsp3) is 0.471. The molecule has 1 fully saturated rings. The van der Waals surface area contributed by atoms with Crippen LogP contribution < -0.4 is 5.73 Å². The molecule has 0 saturated carbocycles. The first-order chi connectivity index (χ1) is 11.4. The van der Waals surface area contributed by atoms with Crippen molar-refractivity contribution < 1.29 is 9.90 Å². The SMILES string of the molecule is Cc1cc(C)c(Cn2cncn2)cc1CN1CC[C@@](N)(C(=O)O)C1. The van der Waals surface area contributed by atoms with Crippen LogP contribution in [-0.4, -0.2) is 49.4 Å². The van der Waals surface area contributed by atoms with Crippen molar-refractivity contribution in [3.05, 3.63) is 47.0 Å². The molecule has 0 amide bonds. The quantitative estimate of drug-likeness (QED) is 0.847. The number of carbonyl (C=O) groups is 1. The minimum absolute atomic E-state index is 0.383. The Morgan fingerprint density at radius 1 is 1.29 bits per heavy atom. The lowest BCUT2D eigenvalue weighted by Crippen LogP contribution is -2.50. The number of aryl methyl sites for hydroxylation is 2.